The Hall–Kier alpha value is -1.50. The van der Waals surface area contributed by atoms with Crippen LogP contribution in [0.3, 0.4) is 0 Å². The van der Waals surface area contributed by atoms with Crippen molar-refractivity contribution < 1.29 is 0 Å². The summed E-state index contributed by atoms with van der Waals surface area (Å²) in [6, 6.07) is 13.4. The maximum absolute atomic E-state index is 7.27. The molecule has 162 valence electrons. The molecule has 0 fully saturated rings. The largest absolute Gasteiger partial charge is 0.295 e. The number of nitrogens with zero attached hydrogens (tertiary/aromatic N) is 2. The van der Waals surface area contributed by atoms with Crippen molar-refractivity contribution in [1.29, 1.82) is 0 Å². The number of hydrogen-bond acceptors (Lipinski definition) is 2. The van der Waals surface area contributed by atoms with Gasteiger partial charge < -0.3 is 0 Å². The number of benzene rings is 2. The molecule has 3 rings (SSSR count). The van der Waals surface area contributed by atoms with Crippen molar-refractivity contribution in [3.8, 4) is 0 Å². The minimum Gasteiger partial charge on any atom is -0.295 e. The van der Waals surface area contributed by atoms with Crippen LogP contribution in [0.2, 0.25) is 0 Å². The smallest absolute Gasteiger partial charge is 0.206 e. The van der Waals surface area contributed by atoms with Gasteiger partial charge >= 0.3 is 0 Å². The molecular formula is C26H36ClN2P. The summed E-state index contributed by atoms with van der Waals surface area (Å²) in [5.41, 5.74) is 8.03. The van der Waals surface area contributed by atoms with Crippen molar-refractivity contribution in [1.82, 2.24) is 0 Å². The van der Waals surface area contributed by atoms with Gasteiger partial charge in [0.1, 0.15) is 0 Å². The SMILES string of the molecule is CC(C)c1cccc(C(C)C)c1N1C=CN(c2c(C(C)C)cccc2C(C)C)P1Cl. The van der Waals surface area contributed by atoms with Gasteiger partial charge in [-0.1, -0.05) is 91.8 Å². The van der Waals surface area contributed by atoms with Crippen LogP contribution in [-0.4, -0.2) is 0 Å². The molecule has 2 aromatic rings. The summed E-state index contributed by atoms with van der Waals surface area (Å²) < 4.78 is 4.64. The first-order valence-corrected chi connectivity index (χ1v) is 13.3. The van der Waals surface area contributed by atoms with Crippen molar-refractivity contribution in [3.63, 3.8) is 0 Å². The van der Waals surface area contributed by atoms with E-state index in [-0.39, 0.29) is 0 Å². The van der Waals surface area contributed by atoms with Crippen LogP contribution in [0.1, 0.15) is 101 Å². The van der Waals surface area contributed by atoms with Crippen LogP contribution in [0.5, 0.6) is 0 Å². The lowest BCUT2D eigenvalue weighted by Crippen LogP contribution is -2.17. The first-order chi connectivity index (χ1) is 14.1. The molecule has 0 atom stereocenters. The van der Waals surface area contributed by atoms with E-state index in [0.717, 1.165) is 0 Å². The Labute approximate surface area is 189 Å². The lowest BCUT2D eigenvalue weighted by atomic mass is 9.92. The zero-order valence-corrected chi connectivity index (χ0v) is 21.3. The first-order valence-electron chi connectivity index (χ1n) is 11.1. The standard InChI is InChI=1S/C26H36ClN2P/c1-17(2)21-11-9-12-22(18(3)4)25(21)28-15-16-29(30(28)27)26-23(19(5)6)13-10-14-24(26)20(7)8/h9-20H,1-8H3. The maximum atomic E-state index is 7.27. The molecule has 0 amide bonds. The van der Waals surface area contributed by atoms with Gasteiger partial charge in [-0.25, -0.2) is 0 Å². The molecule has 2 aromatic carbocycles. The van der Waals surface area contributed by atoms with Gasteiger partial charge in [0, 0.05) is 12.4 Å². The van der Waals surface area contributed by atoms with E-state index in [1.54, 1.807) is 0 Å². The van der Waals surface area contributed by atoms with E-state index < -0.39 is 7.58 Å². The molecule has 0 saturated heterocycles. The van der Waals surface area contributed by atoms with Crippen LogP contribution >= 0.6 is 18.8 Å². The van der Waals surface area contributed by atoms with Crippen LogP contribution in [0.25, 0.3) is 0 Å². The summed E-state index contributed by atoms with van der Waals surface area (Å²) in [5, 5.41) is 0. The molecule has 1 heterocycles. The Bertz CT molecular complexity index is 791. The van der Waals surface area contributed by atoms with Gasteiger partial charge in [0.25, 0.3) is 0 Å². The minimum atomic E-state index is -1.08. The minimum absolute atomic E-state index is 0.440. The lowest BCUT2D eigenvalue weighted by molar-refractivity contribution is 0.833. The highest BCUT2D eigenvalue weighted by atomic mass is 35.7. The van der Waals surface area contributed by atoms with Crippen molar-refractivity contribution >= 4 is 30.2 Å². The van der Waals surface area contributed by atoms with E-state index in [4.69, 9.17) is 11.2 Å². The highest BCUT2D eigenvalue weighted by molar-refractivity contribution is 7.86. The molecule has 30 heavy (non-hydrogen) atoms. The Morgan fingerprint density at radius 3 is 1.07 bits per heavy atom. The molecule has 0 aromatic heterocycles. The lowest BCUT2D eigenvalue weighted by Gasteiger charge is -2.34. The van der Waals surface area contributed by atoms with E-state index in [2.05, 4.69) is 114 Å². The monoisotopic (exact) mass is 442 g/mol. The quantitative estimate of drug-likeness (QED) is 0.411. The van der Waals surface area contributed by atoms with Crippen LogP contribution in [-0.2, 0) is 0 Å². The first kappa shape index (κ1) is 23.2. The molecule has 0 N–H and O–H groups in total. The van der Waals surface area contributed by atoms with Gasteiger partial charge in [-0.05, 0) is 57.2 Å². The van der Waals surface area contributed by atoms with E-state index in [9.17, 15) is 0 Å². The predicted molar refractivity (Wildman–Crippen MR) is 136 cm³/mol. The Morgan fingerprint density at radius 2 is 0.833 bits per heavy atom. The second kappa shape index (κ2) is 9.33. The van der Waals surface area contributed by atoms with Gasteiger partial charge in [0.15, 0.2) is 0 Å². The number of hydrogen-bond donors (Lipinski definition) is 0. The summed E-state index contributed by atoms with van der Waals surface area (Å²) in [7, 11) is -1.08. The molecule has 0 radical (unpaired) electrons. The third-order valence-corrected chi connectivity index (χ3v) is 8.20. The molecule has 1 aliphatic heterocycles. The third-order valence-electron chi connectivity index (χ3n) is 5.85. The van der Waals surface area contributed by atoms with Crippen molar-refractivity contribution in [2.45, 2.75) is 79.1 Å². The zero-order valence-electron chi connectivity index (χ0n) is 19.6. The van der Waals surface area contributed by atoms with Gasteiger partial charge in [-0.2, -0.15) is 0 Å². The number of halogens is 1. The van der Waals surface area contributed by atoms with Gasteiger partial charge in [0.2, 0.25) is 7.58 Å². The van der Waals surface area contributed by atoms with E-state index in [1.807, 2.05) is 0 Å². The summed E-state index contributed by atoms with van der Waals surface area (Å²) in [5.74, 6) is 1.76. The fourth-order valence-corrected chi connectivity index (χ4v) is 6.30. The normalized spacial score (nSPS) is 15.0. The van der Waals surface area contributed by atoms with Crippen molar-refractivity contribution in [2.75, 3.05) is 9.34 Å². The Morgan fingerprint density at radius 1 is 0.567 bits per heavy atom. The van der Waals surface area contributed by atoms with Gasteiger partial charge in [-0.15, -0.1) is 0 Å². The molecule has 0 spiro atoms. The van der Waals surface area contributed by atoms with Crippen LogP contribution in [0.4, 0.5) is 11.4 Å². The van der Waals surface area contributed by atoms with E-state index in [1.165, 1.54) is 33.6 Å². The van der Waals surface area contributed by atoms with Crippen LogP contribution < -0.4 is 9.34 Å². The Balaban J connectivity index is 2.12. The summed E-state index contributed by atoms with van der Waals surface area (Å²) in [4.78, 5) is 0. The van der Waals surface area contributed by atoms with Gasteiger partial charge in [-0.3, -0.25) is 9.34 Å². The van der Waals surface area contributed by atoms with Crippen LogP contribution in [0, 0.1) is 0 Å². The molecule has 0 aliphatic carbocycles. The number of anilines is 2. The molecule has 4 heteroatoms. The molecule has 0 unspecified atom stereocenters. The second-order valence-corrected chi connectivity index (χ2v) is 11.7. The maximum Gasteiger partial charge on any atom is 0.206 e. The fraction of sp³-hybridized carbons (Fsp3) is 0.462. The molecular weight excluding hydrogens is 407 g/mol. The highest BCUT2D eigenvalue weighted by Crippen LogP contribution is 2.61. The van der Waals surface area contributed by atoms with E-state index in [0.29, 0.717) is 23.7 Å². The van der Waals surface area contributed by atoms with Crippen LogP contribution in [0.15, 0.2) is 48.8 Å². The van der Waals surface area contributed by atoms with Crippen molar-refractivity contribution in [2.24, 2.45) is 0 Å². The molecule has 0 saturated carbocycles. The third kappa shape index (κ3) is 4.27. The number of para-hydroxylation sites is 2. The molecule has 0 bridgehead atoms. The highest BCUT2D eigenvalue weighted by Gasteiger charge is 2.34. The van der Waals surface area contributed by atoms with E-state index >= 15 is 0 Å². The average Bonchev–Trinajstić information content (AvgIpc) is 3.07. The summed E-state index contributed by atoms with van der Waals surface area (Å²) in [6.07, 6.45) is 4.38. The molecule has 2 nitrogen and oxygen atoms in total. The average molecular weight is 443 g/mol. The summed E-state index contributed by atoms with van der Waals surface area (Å²) in [6.45, 7) is 18.1. The Kier molecular flexibility index (Phi) is 7.20. The van der Waals surface area contributed by atoms with Crippen molar-refractivity contribution in [3.05, 3.63) is 71.1 Å². The zero-order chi connectivity index (χ0) is 22.2. The predicted octanol–water partition coefficient (Wildman–Crippen LogP) is 9.44. The topological polar surface area (TPSA) is 6.48 Å². The number of rotatable bonds is 6. The summed E-state index contributed by atoms with van der Waals surface area (Å²) >= 11 is 7.27. The molecule has 1 aliphatic rings. The second-order valence-electron chi connectivity index (χ2n) is 9.42. The van der Waals surface area contributed by atoms with Gasteiger partial charge in [0.05, 0.1) is 11.4 Å². The fourth-order valence-electron chi connectivity index (χ4n) is 4.21.